The Labute approximate surface area is 106 Å². The van der Waals surface area contributed by atoms with Gasteiger partial charge in [0.05, 0.1) is 0 Å². The van der Waals surface area contributed by atoms with Gasteiger partial charge in [-0.05, 0) is 56.9 Å². The van der Waals surface area contributed by atoms with Crippen molar-refractivity contribution in [1.29, 1.82) is 0 Å². The van der Waals surface area contributed by atoms with Gasteiger partial charge in [-0.2, -0.15) is 0 Å². The van der Waals surface area contributed by atoms with Crippen molar-refractivity contribution in [2.24, 2.45) is 11.8 Å². The van der Waals surface area contributed by atoms with Gasteiger partial charge in [0.15, 0.2) is 0 Å². The quantitative estimate of drug-likeness (QED) is 0.731. The van der Waals surface area contributed by atoms with Gasteiger partial charge in [-0.3, -0.25) is 4.90 Å². The van der Waals surface area contributed by atoms with E-state index in [0.717, 1.165) is 30.0 Å². The molecule has 98 valence electrons. The number of nitrogens with one attached hydrogen (secondary N) is 1. The lowest BCUT2D eigenvalue weighted by Gasteiger charge is -2.45. The van der Waals surface area contributed by atoms with Crippen LogP contribution in [0.4, 0.5) is 0 Å². The maximum atomic E-state index is 3.73. The third kappa shape index (κ3) is 3.03. The van der Waals surface area contributed by atoms with Crippen LogP contribution in [0.15, 0.2) is 0 Å². The smallest absolute Gasteiger partial charge is 0.0139 e. The third-order valence-corrected chi connectivity index (χ3v) is 4.64. The van der Waals surface area contributed by atoms with Gasteiger partial charge in [0.1, 0.15) is 0 Å². The van der Waals surface area contributed by atoms with Gasteiger partial charge in [0.25, 0.3) is 0 Å². The summed E-state index contributed by atoms with van der Waals surface area (Å²) in [4.78, 5) is 2.85. The average molecular weight is 236 g/mol. The van der Waals surface area contributed by atoms with Crippen molar-refractivity contribution in [3.05, 3.63) is 0 Å². The van der Waals surface area contributed by atoms with Crippen molar-refractivity contribution in [1.82, 2.24) is 10.2 Å². The van der Waals surface area contributed by atoms with Crippen molar-refractivity contribution in [2.75, 3.05) is 13.1 Å². The van der Waals surface area contributed by atoms with Gasteiger partial charge in [-0.1, -0.05) is 13.8 Å². The molecule has 0 spiro atoms. The molecule has 0 aromatic heterocycles. The third-order valence-electron chi connectivity index (χ3n) is 4.64. The van der Waals surface area contributed by atoms with Crippen LogP contribution < -0.4 is 5.32 Å². The average Bonchev–Trinajstić information content (AvgIpc) is 3.10. The summed E-state index contributed by atoms with van der Waals surface area (Å²) in [5, 5.41) is 3.73. The van der Waals surface area contributed by atoms with E-state index in [1.165, 1.54) is 51.6 Å². The molecule has 0 amide bonds. The zero-order chi connectivity index (χ0) is 11.8. The minimum absolute atomic E-state index is 0.827. The maximum Gasteiger partial charge on any atom is 0.0139 e. The normalized spacial score (nSPS) is 33.2. The van der Waals surface area contributed by atoms with E-state index < -0.39 is 0 Å². The van der Waals surface area contributed by atoms with E-state index >= 15 is 0 Å². The summed E-state index contributed by atoms with van der Waals surface area (Å²) in [5.74, 6) is 1.78. The van der Waals surface area contributed by atoms with Crippen molar-refractivity contribution >= 4 is 0 Å². The molecule has 0 saturated heterocycles. The van der Waals surface area contributed by atoms with Crippen LogP contribution in [-0.4, -0.2) is 36.1 Å². The molecule has 0 aromatic carbocycles. The Morgan fingerprint density at radius 3 is 2.29 bits per heavy atom. The van der Waals surface area contributed by atoms with Crippen LogP contribution in [0.3, 0.4) is 0 Å². The van der Waals surface area contributed by atoms with Crippen LogP contribution in [0.5, 0.6) is 0 Å². The summed E-state index contributed by atoms with van der Waals surface area (Å²) >= 11 is 0. The molecule has 2 heteroatoms. The van der Waals surface area contributed by atoms with E-state index in [1.54, 1.807) is 0 Å². The molecule has 0 bridgehead atoms. The van der Waals surface area contributed by atoms with Crippen LogP contribution in [0, 0.1) is 11.8 Å². The van der Waals surface area contributed by atoms with Crippen LogP contribution in [-0.2, 0) is 0 Å². The second-order valence-corrected chi connectivity index (χ2v) is 6.91. The van der Waals surface area contributed by atoms with E-state index in [-0.39, 0.29) is 0 Å². The Balaban J connectivity index is 1.49. The first-order chi connectivity index (χ1) is 8.24. The highest BCUT2D eigenvalue weighted by atomic mass is 15.2. The second kappa shape index (κ2) is 4.89. The highest BCUT2D eigenvalue weighted by molar-refractivity contribution is 4.97. The molecule has 0 heterocycles. The summed E-state index contributed by atoms with van der Waals surface area (Å²) in [5.41, 5.74) is 0. The lowest BCUT2D eigenvalue weighted by molar-refractivity contribution is 0.0456. The van der Waals surface area contributed by atoms with E-state index in [9.17, 15) is 0 Å². The van der Waals surface area contributed by atoms with Crippen LogP contribution in [0.2, 0.25) is 0 Å². The molecule has 1 N–H and O–H groups in total. The van der Waals surface area contributed by atoms with E-state index in [0.29, 0.717) is 0 Å². The van der Waals surface area contributed by atoms with Crippen molar-refractivity contribution in [3.63, 3.8) is 0 Å². The molecule has 3 saturated carbocycles. The first-order valence-electron chi connectivity index (χ1n) is 7.73. The molecule has 17 heavy (non-hydrogen) atoms. The number of hydrogen-bond acceptors (Lipinski definition) is 2. The van der Waals surface area contributed by atoms with Gasteiger partial charge in [-0.15, -0.1) is 0 Å². The molecule has 3 aliphatic carbocycles. The fraction of sp³-hybridized carbons (Fsp3) is 1.00. The molecule has 0 aliphatic heterocycles. The Hall–Kier alpha value is -0.0800. The number of hydrogen-bond donors (Lipinski definition) is 1. The molecular weight excluding hydrogens is 208 g/mol. The van der Waals surface area contributed by atoms with Gasteiger partial charge in [-0.25, -0.2) is 0 Å². The van der Waals surface area contributed by atoms with Crippen molar-refractivity contribution < 1.29 is 0 Å². The Bertz CT molecular complexity index is 256. The lowest BCUT2D eigenvalue weighted by Crippen LogP contribution is -2.52. The largest absolute Gasteiger partial charge is 0.314 e. The SMILES string of the molecule is CC(C)CN(C1CC1)C1CCC1CNC1CC1. The fourth-order valence-corrected chi connectivity index (χ4v) is 3.21. The molecule has 2 atom stereocenters. The zero-order valence-electron chi connectivity index (χ0n) is 11.5. The number of rotatable bonds is 7. The summed E-state index contributed by atoms with van der Waals surface area (Å²) in [6, 6.07) is 2.75. The summed E-state index contributed by atoms with van der Waals surface area (Å²) in [6.45, 7) is 7.35. The standard InChI is InChI=1S/C15H28N2/c1-11(2)10-17(14-6-7-14)15-8-3-12(15)9-16-13-4-5-13/h11-16H,3-10H2,1-2H3. The Morgan fingerprint density at radius 1 is 1.06 bits per heavy atom. The fourth-order valence-electron chi connectivity index (χ4n) is 3.21. The molecular formula is C15H28N2. The predicted octanol–water partition coefficient (Wildman–Crippen LogP) is 2.64. The van der Waals surface area contributed by atoms with Gasteiger partial charge in [0.2, 0.25) is 0 Å². The maximum absolute atomic E-state index is 3.73. The monoisotopic (exact) mass is 236 g/mol. The van der Waals surface area contributed by atoms with Crippen LogP contribution in [0.1, 0.15) is 52.4 Å². The van der Waals surface area contributed by atoms with Crippen LogP contribution >= 0.6 is 0 Å². The van der Waals surface area contributed by atoms with E-state index in [2.05, 4.69) is 24.1 Å². The van der Waals surface area contributed by atoms with Crippen molar-refractivity contribution in [2.45, 2.75) is 70.5 Å². The first-order valence-corrected chi connectivity index (χ1v) is 7.73. The second-order valence-electron chi connectivity index (χ2n) is 6.91. The first kappa shape index (κ1) is 12.0. The molecule has 3 fully saturated rings. The molecule has 0 aromatic rings. The Morgan fingerprint density at radius 2 is 1.82 bits per heavy atom. The highest BCUT2D eigenvalue weighted by Crippen LogP contribution is 2.39. The lowest BCUT2D eigenvalue weighted by atomic mass is 9.78. The topological polar surface area (TPSA) is 15.3 Å². The number of nitrogens with zero attached hydrogens (tertiary/aromatic N) is 1. The summed E-state index contributed by atoms with van der Waals surface area (Å²) in [6.07, 6.45) is 8.70. The summed E-state index contributed by atoms with van der Waals surface area (Å²) < 4.78 is 0. The minimum atomic E-state index is 0.827. The van der Waals surface area contributed by atoms with E-state index in [4.69, 9.17) is 0 Å². The molecule has 2 nitrogen and oxygen atoms in total. The molecule has 3 aliphatic rings. The summed E-state index contributed by atoms with van der Waals surface area (Å²) in [7, 11) is 0. The highest BCUT2D eigenvalue weighted by Gasteiger charge is 2.42. The Kier molecular flexibility index (Phi) is 3.45. The molecule has 2 unspecified atom stereocenters. The van der Waals surface area contributed by atoms with Crippen LogP contribution in [0.25, 0.3) is 0 Å². The minimum Gasteiger partial charge on any atom is -0.314 e. The molecule has 3 rings (SSSR count). The molecule has 0 radical (unpaired) electrons. The van der Waals surface area contributed by atoms with Crippen molar-refractivity contribution in [3.8, 4) is 0 Å². The predicted molar refractivity (Wildman–Crippen MR) is 72.1 cm³/mol. The van der Waals surface area contributed by atoms with E-state index in [1.807, 2.05) is 0 Å². The zero-order valence-corrected chi connectivity index (χ0v) is 11.5. The van der Waals surface area contributed by atoms with Gasteiger partial charge < -0.3 is 5.32 Å². The van der Waals surface area contributed by atoms with Gasteiger partial charge >= 0.3 is 0 Å². The van der Waals surface area contributed by atoms with Gasteiger partial charge in [0, 0.05) is 24.7 Å².